The minimum Gasteiger partial charge on any atom is -0.388 e. The number of amidine groups is 1. The fourth-order valence-corrected chi connectivity index (χ4v) is 3.09. The van der Waals surface area contributed by atoms with Crippen LogP contribution in [0.3, 0.4) is 0 Å². The van der Waals surface area contributed by atoms with Crippen molar-refractivity contribution in [1.82, 2.24) is 4.31 Å². The first-order valence-corrected chi connectivity index (χ1v) is 6.89. The van der Waals surface area contributed by atoms with E-state index in [2.05, 4.69) is 0 Å². The molecule has 0 radical (unpaired) electrons. The number of hydrogen-bond donors (Lipinski definition) is 2. The van der Waals surface area contributed by atoms with E-state index >= 15 is 0 Å². The molecule has 1 rings (SSSR count). The van der Waals surface area contributed by atoms with Crippen LogP contribution in [0, 0.1) is 5.41 Å². The van der Waals surface area contributed by atoms with E-state index in [0.717, 1.165) is 12.8 Å². The van der Waals surface area contributed by atoms with E-state index in [-0.39, 0.29) is 24.2 Å². The van der Waals surface area contributed by atoms with E-state index in [1.165, 1.54) is 11.4 Å². The second-order valence-corrected chi connectivity index (χ2v) is 5.97. The van der Waals surface area contributed by atoms with E-state index < -0.39 is 10.0 Å². The zero-order valence-electron chi connectivity index (χ0n) is 9.48. The summed E-state index contributed by atoms with van der Waals surface area (Å²) in [7, 11) is -1.78. The quantitative estimate of drug-likeness (QED) is 0.458. The van der Waals surface area contributed by atoms with Crippen LogP contribution in [-0.2, 0) is 14.8 Å². The van der Waals surface area contributed by atoms with E-state index in [0.29, 0.717) is 13.0 Å². The Kier molecular flexibility index (Phi) is 4.69. The van der Waals surface area contributed by atoms with Crippen LogP contribution in [0.4, 0.5) is 0 Å². The molecule has 1 fully saturated rings. The normalized spacial score (nSPS) is 16.6. The van der Waals surface area contributed by atoms with Gasteiger partial charge in [-0.1, -0.05) is 0 Å². The molecule has 7 heteroatoms. The molecule has 3 N–H and O–H groups in total. The Morgan fingerprint density at radius 2 is 2.19 bits per heavy atom. The van der Waals surface area contributed by atoms with Crippen LogP contribution < -0.4 is 5.73 Å². The summed E-state index contributed by atoms with van der Waals surface area (Å²) < 4.78 is 30.1. The lowest BCUT2D eigenvalue weighted by molar-refractivity contribution is 0.215. The van der Waals surface area contributed by atoms with Crippen LogP contribution in [0.5, 0.6) is 0 Å². The number of methoxy groups -OCH3 is 1. The molecule has 0 amide bonds. The Morgan fingerprint density at radius 3 is 2.62 bits per heavy atom. The van der Waals surface area contributed by atoms with Crippen LogP contribution >= 0.6 is 0 Å². The van der Waals surface area contributed by atoms with Crippen LogP contribution in [0.2, 0.25) is 0 Å². The van der Waals surface area contributed by atoms with Gasteiger partial charge in [-0.25, -0.2) is 8.42 Å². The van der Waals surface area contributed by atoms with Crippen LogP contribution in [0.1, 0.15) is 19.3 Å². The number of sulfonamides is 1. The third-order valence-corrected chi connectivity index (χ3v) is 4.34. The maximum atomic E-state index is 11.9. The minimum absolute atomic E-state index is 0.00208. The molecule has 0 heterocycles. The Morgan fingerprint density at radius 1 is 1.56 bits per heavy atom. The second-order valence-electron chi connectivity index (χ2n) is 3.93. The number of rotatable bonds is 8. The summed E-state index contributed by atoms with van der Waals surface area (Å²) in [6, 6.07) is 0.112. The van der Waals surface area contributed by atoms with Crippen LogP contribution in [0.15, 0.2) is 0 Å². The number of hydrogen-bond acceptors (Lipinski definition) is 4. The highest BCUT2D eigenvalue weighted by Crippen LogP contribution is 2.29. The first-order chi connectivity index (χ1) is 7.47. The zero-order valence-corrected chi connectivity index (χ0v) is 10.3. The molecule has 0 aromatic carbocycles. The third-order valence-electron chi connectivity index (χ3n) is 2.46. The molecule has 6 nitrogen and oxygen atoms in total. The molecule has 0 aromatic heterocycles. The van der Waals surface area contributed by atoms with Crippen molar-refractivity contribution >= 4 is 15.9 Å². The number of nitrogens with two attached hydrogens (primary N) is 1. The van der Waals surface area contributed by atoms with Crippen molar-refractivity contribution in [1.29, 1.82) is 5.41 Å². The molecule has 1 aliphatic carbocycles. The van der Waals surface area contributed by atoms with Crippen molar-refractivity contribution in [3.05, 3.63) is 0 Å². The molecule has 0 aromatic rings. The SMILES string of the molecule is COCCS(=O)(=O)N(CCC(=N)N)C1CC1. The van der Waals surface area contributed by atoms with Crippen molar-refractivity contribution in [2.75, 3.05) is 26.0 Å². The molecular formula is C9H19N3O3S. The van der Waals surface area contributed by atoms with Gasteiger partial charge in [0.15, 0.2) is 0 Å². The largest absolute Gasteiger partial charge is 0.388 e. The minimum atomic E-state index is -3.26. The summed E-state index contributed by atoms with van der Waals surface area (Å²) in [5, 5.41) is 7.12. The standard InChI is InChI=1S/C9H19N3O3S/c1-15-6-7-16(13,14)12(8-2-3-8)5-4-9(10)11/h8H,2-7H2,1H3,(H3,10,11). The summed E-state index contributed by atoms with van der Waals surface area (Å²) >= 11 is 0. The third kappa shape index (κ3) is 4.07. The van der Waals surface area contributed by atoms with Gasteiger partial charge in [-0.2, -0.15) is 4.31 Å². The molecule has 94 valence electrons. The fourth-order valence-electron chi connectivity index (χ4n) is 1.45. The molecule has 1 aliphatic rings. The maximum absolute atomic E-state index is 11.9. The number of ether oxygens (including phenoxy) is 1. The lowest BCUT2D eigenvalue weighted by atomic mass is 10.4. The molecule has 16 heavy (non-hydrogen) atoms. The first kappa shape index (κ1) is 13.4. The molecule has 0 saturated heterocycles. The van der Waals surface area contributed by atoms with E-state index in [4.69, 9.17) is 15.9 Å². The Labute approximate surface area is 96.3 Å². The van der Waals surface area contributed by atoms with Gasteiger partial charge >= 0.3 is 0 Å². The summed E-state index contributed by atoms with van der Waals surface area (Å²) in [4.78, 5) is 0. The molecule has 0 bridgehead atoms. The molecule has 0 spiro atoms. The molecule has 1 saturated carbocycles. The summed E-state index contributed by atoms with van der Waals surface area (Å²) in [5.74, 6) is 0.0188. The Hall–Kier alpha value is -0.660. The van der Waals surface area contributed by atoms with Crippen molar-refractivity contribution in [3.8, 4) is 0 Å². The van der Waals surface area contributed by atoms with Gasteiger partial charge in [0.25, 0.3) is 0 Å². The lowest BCUT2D eigenvalue weighted by Gasteiger charge is -2.21. The fraction of sp³-hybridized carbons (Fsp3) is 0.889. The van der Waals surface area contributed by atoms with Crippen molar-refractivity contribution in [2.45, 2.75) is 25.3 Å². The summed E-state index contributed by atoms with van der Waals surface area (Å²) in [5.41, 5.74) is 5.24. The Bertz CT molecular complexity index is 338. The van der Waals surface area contributed by atoms with Crippen molar-refractivity contribution in [3.63, 3.8) is 0 Å². The van der Waals surface area contributed by atoms with Crippen LogP contribution in [0.25, 0.3) is 0 Å². The zero-order chi connectivity index (χ0) is 12.2. The van der Waals surface area contributed by atoms with Gasteiger partial charge in [0.05, 0.1) is 18.2 Å². The predicted molar refractivity (Wildman–Crippen MR) is 61.9 cm³/mol. The van der Waals surface area contributed by atoms with E-state index in [9.17, 15) is 8.42 Å². The van der Waals surface area contributed by atoms with Crippen LogP contribution in [-0.4, -0.2) is 50.6 Å². The van der Waals surface area contributed by atoms with E-state index in [1.807, 2.05) is 0 Å². The van der Waals surface area contributed by atoms with Gasteiger partial charge in [0.1, 0.15) is 0 Å². The van der Waals surface area contributed by atoms with Crippen molar-refractivity contribution in [2.24, 2.45) is 5.73 Å². The molecule has 0 atom stereocenters. The van der Waals surface area contributed by atoms with Gasteiger partial charge in [0.2, 0.25) is 10.0 Å². The highest BCUT2D eigenvalue weighted by atomic mass is 32.2. The first-order valence-electron chi connectivity index (χ1n) is 5.28. The average Bonchev–Trinajstić information content (AvgIpc) is 2.98. The topological polar surface area (TPSA) is 96.5 Å². The summed E-state index contributed by atoms with van der Waals surface area (Å²) in [6.45, 7) is 0.512. The van der Waals surface area contributed by atoms with Gasteiger partial charge in [0, 0.05) is 26.1 Å². The monoisotopic (exact) mass is 249 g/mol. The number of nitrogens with one attached hydrogen (secondary N) is 1. The van der Waals surface area contributed by atoms with Gasteiger partial charge in [-0.05, 0) is 12.8 Å². The molecule has 0 unspecified atom stereocenters. The van der Waals surface area contributed by atoms with Crippen molar-refractivity contribution < 1.29 is 13.2 Å². The Balaban J connectivity index is 2.57. The van der Waals surface area contributed by atoms with Gasteiger partial charge in [-0.15, -0.1) is 0 Å². The van der Waals surface area contributed by atoms with E-state index in [1.54, 1.807) is 0 Å². The molecule has 0 aliphatic heterocycles. The second kappa shape index (κ2) is 5.60. The predicted octanol–water partition coefficient (Wildman–Crippen LogP) is -0.247. The summed E-state index contributed by atoms with van der Waals surface area (Å²) in [6.07, 6.45) is 2.11. The smallest absolute Gasteiger partial charge is 0.216 e. The van der Waals surface area contributed by atoms with Gasteiger partial charge < -0.3 is 10.5 Å². The number of nitrogens with zero attached hydrogens (tertiary/aromatic N) is 1. The highest BCUT2D eigenvalue weighted by Gasteiger charge is 2.36. The van der Waals surface area contributed by atoms with Gasteiger partial charge in [-0.3, -0.25) is 5.41 Å². The highest BCUT2D eigenvalue weighted by molar-refractivity contribution is 7.89. The average molecular weight is 249 g/mol. The lowest BCUT2D eigenvalue weighted by Crippen LogP contribution is -2.38. The maximum Gasteiger partial charge on any atom is 0.216 e. The molecular weight excluding hydrogens is 230 g/mol.